The molecular formula is C13H22N6O2. The summed E-state index contributed by atoms with van der Waals surface area (Å²) in [4.78, 5) is 27.6. The van der Waals surface area contributed by atoms with E-state index < -0.39 is 0 Å². The maximum Gasteiger partial charge on any atom is 0.244 e. The van der Waals surface area contributed by atoms with Gasteiger partial charge in [0.25, 0.3) is 0 Å². The highest BCUT2D eigenvalue weighted by Gasteiger charge is 2.25. The number of nitrogens with zero attached hydrogens (tertiary/aromatic N) is 5. The summed E-state index contributed by atoms with van der Waals surface area (Å²) in [6, 6.07) is 0. The molecule has 2 N–H and O–H groups in total. The van der Waals surface area contributed by atoms with Gasteiger partial charge in [0.2, 0.25) is 11.8 Å². The molecule has 2 heterocycles. The highest BCUT2D eigenvalue weighted by atomic mass is 16.2. The van der Waals surface area contributed by atoms with Crippen LogP contribution in [0, 0.1) is 5.92 Å². The molecule has 0 atom stereocenters. The number of carbonyl (C=O) groups is 2. The summed E-state index contributed by atoms with van der Waals surface area (Å²) in [6.45, 7) is 6.56. The van der Waals surface area contributed by atoms with Gasteiger partial charge in [-0.2, -0.15) is 0 Å². The lowest BCUT2D eigenvalue weighted by atomic mass is 10.1. The van der Waals surface area contributed by atoms with Gasteiger partial charge >= 0.3 is 0 Å². The van der Waals surface area contributed by atoms with Gasteiger partial charge in [0.05, 0.1) is 11.9 Å². The van der Waals surface area contributed by atoms with Gasteiger partial charge in [0.1, 0.15) is 6.54 Å². The summed E-state index contributed by atoms with van der Waals surface area (Å²) >= 11 is 0. The molecule has 0 aromatic carbocycles. The monoisotopic (exact) mass is 294 g/mol. The molecule has 0 radical (unpaired) electrons. The first kappa shape index (κ1) is 15.4. The van der Waals surface area contributed by atoms with Crippen molar-refractivity contribution >= 4 is 11.8 Å². The molecule has 2 rings (SSSR count). The number of amides is 2. The van der Waals surface area contributed by atoms with Gasteiger partial charge in [0, 0.05) is 38.6 Å². The fourth-order valence-electron chi connectivity index (χ4n) is 2.29. The van der Waals surface area contributed by atoms with E-state index in [0.29, 0.717) is 38.4 Å². The molecular weight excluding hydrogens is 272 g/mol. The fourth-order valence-corrected chi connectivity index (χ4v) is 2.29. The Morgan fingerprint density at radius 3 is 2.38 bits per heavy atom. The van der Waals surface area contributed by atoms with E-state index in [2.05, 4.69) is 10.3 Å². The first-order valence-electron chi connectivity index (χ1n) is 7.17. The Morgan fingerprint density at radius 2 is 1.86 bits per heavy atom. The predicted molar refractivity (Wildman–Crippen MR) is 75.9 cm³/mol. The second-order valence-electron chi connectivity index (χ2n) is 5.47. The van der Waals surface area contributed by atoms with Crippen LogP contribution in [0.5, 0.6) is 0 Å². The number of piperazine rings is 1. The third-order valence-corrected chi connectivity index (χ3v) is 3.53. The second kappa shape index (κ2) is 6.66. The van der Waals surface area contributed by atoms with Crippen molar-refractivity contribution in [2.75, 3.05) is 26.2 Å². The third-order valence-electron chi connectivity index (χ3n) is 3.53. The van der Waals surface area contributed by atoms with Gasteiger partial charge < -0.3 is 15.5 Å². The minimum absolute atomic E-state index is 0.00270. The van der Waals surface area contributed by atoms with E-state index >= 15 is 0 Å². The molecule has 8 heteroatoms. The Balaban J connectivity index is 1.84. The molecule has 0 aliphatic carbocycles. The molecule has 0 spiro atoms. The zero-order chi connectivity index (χ0) is 15.4. The van der Waals surface area contributed by atoms with Crippen LogP contribution in [0.25, 0.3) is 0 Å². The quantitative estimate of drug-likeness (QED) is 0.773. The molecule has 1 aliphatic heterocycles. The largest absolute Gasteiger partial charge is 0.339 e. The standard InChI is InChI=1S/C13H22N6O2/c1-10(2)13(21)18-5-3-17(4-6-18)12(20)9-19-8-11(7-14)15-16-19/h8,10H,3-7,9,14H2,1-2H3. The Bertz CT molecular complexity index is 505. The highest BCUT2D eigenvalue weighted by Crippen LogP contribution is 2.08. The van der Waals surface area contributed by atoms with Crippen LogP contribution in [0.3, 0.4) is 0 Å². The molecule has 116 valence electrons. The van der Waals surface area contributed by atoms with Crippen LogP contribution in [-0.4, -0.2) is 62.8 Å². The van der Waals surface area contributed by atoms with Crippen LogP contribution in [0.4, 0.5) is 0 Å². The molecule has 1 saturated heterocycles. The van der Waals surface area contributed by atoms with Crippen molar-refractivity contribution in [2.24, 2.45) is 11.7 Å². The molecule has 21 heavy (non-hydrogen) atoms. The van der Waals surface area contributed by atoms with Crippen molar-refractivity contribution in [3.63, 3.8) is 0 Å². The molecule has 8 nitrogen and oxygen atoms in total. The molecule has 1 fully saturated rings. The van der Waals surface area contributed by atoms with Crippen LogP contribution in [0.2, 0.25) is 0 Å². The van der Waals surface area contributed by atoms with Crippen molar-refractivity contribution in [1.82, 2.24) is 24.8 Å². The number of hydrogen-bond donors (Lipinski definition) is 1. The molecule has 1 aromatic rings. The second-order valence-corrected chi connectivity index (χ2v) is 5.47. The normalized spacial score (nSPS) is 15.6. The molecule has 0 unspecified atom stereocenters. The van der Waals surface area contributed by atoms with Crippen LogP contribution >= 0.6 is 0 Å². The first-order chi connectivity index (χ1) is 10.0. The summed E-state index contributed by atoms with van der Waals surface area (Å²) in [7, 11) is 0. The van der Waals surface area contributed by atoms with E-state index in [1.165, 1.54) is 4.68 Å². The van der Waals surface area contributed by atoms with Crippen molar-refractivity contribution in [1.29, 1.82) is 0 Å². The summed E-state index contributed by atoms with van der Waals surface area (Å²) in [5, 5.41) is 7.71. The third kappa shape index (κ3) is 3.78. The van der Waals surface area contributed by atoms with Crippen molar-refractivity contribution in [3.8, 4) is 0 Å². The average molecular weight is 294 g/mol. The Hall–Kier alpha value is -1.96. The lowest BCUT2D eigenvalue weighted by Gasteiger charge is -2.35. The molecule has 1 aliphatic rings. The van der Waals surface area contributed by atoms with Crippen LogP contribution in [0.1, 0.15) is 19.5 Å². The topological polar surface area (TPSA) is 97.4 Å². The van der Waals surface area contributed by atoms with Gasteiger partial charge in [0.15, 0.2) is 0 Å². The first-order valence-corrected chi connectivity index (χ1v) is 7.17. The minimum Gasteiger partial charge on any atom is -0.339 e. The SMILES string of the molecule is CC(C)C(=O)N1CCN(C(=O)Cn2cc(CN)nn2)CC1. The van der Waals surface area contributed by atoms with Crippen molar-refractivity contribution < 1.29 is 9.59 Å². The van der Waals surface area contributed by atoms with Crippen LogP contribution < -0.4 is 5.73 Å². The van der Waals surface area contributed by atoms with Gasteiger partial charge in [-0.3, -0.25) is 9.59 Å². The Morgan fingerprint density at radius 1 is 1.24 bits per heavy atom. The van der Waals surface area contributed by atoms with E-state index in [4.69, 9.17) is 5.73 Å². The van der Waals surface area contributed by atoms with E-state index in [-0.39, 0.29) is 24.3 Å². The maximum absolute atomic E-state index is 12.2. The summed E-state index contributed by atoms with van der Waals surface area (Å²) in [5.41, 5.74) is 6.12. The maximum atomic E-state index is 12.2. The number of rotatable bonds is 4. The van der Waals surface area contributed by atoms with Crippen LogP contribution in [-0.2, 0) is 22.7 Å². The molecule has 0 saturated carbocycles. The lowest BCUT2D eigenvalue weighted by molar-refractivity contribution is -0.141. The van der Waals surface area contributed by atoms with Gasteiger partial charge in [-0.1, -0.05) is 19.1 Å². The minimum atomic E-state index is -0.0138. The smallest absolute Gasteiger partial charge is 0.244 e. The van der Waals surface area contributed by atoms with E-state index in [1.807, 2.05) is 18.7 Å². The van der Waals surface area contributed by atoms with E-state index in [1.54, 1.807) is 11.1 Å². The van der Waals surface area contributed by atoms with Crippen molar-refractivity contribution in [2.45, 2.75) is 26.9 Å². The Kier molecular flexibility index (Phi) is 4.89. The summed E-state index contributed by atoms with van der Waals surface area (Å²) < 4.78 is 1.50. The number of hydrogen-bond acceptors (Lipinski definition) is 5. The zero-order valence-electron chi connectivity index (χ0n) is 12.5. The molecule has 2 amide bonds. The van der Waals surface area contributed by atoms with E-state index in [0.717, 1.165) is 0 Å². The lowest BCUT2D eigenvalue weighted by Crippen LogP contribution is -2.52. The summed E-state index contributed by atoms with van der Waals surface area (Å²) in [6.07, 6.45) is 1.68. The highest BCUT2D eigenvalue weighted by molar-refractivity contribution is 5.79. The molecule has 1 aromatic heterocycles. The fraction of sp³-hybridized carbons (Fsp3) is 0.692. The number of carbonyl (C=O) groups excluding carboxylic acids is 2. The van der Waals surface area contributed by atoms with Gasteiger partial charge in [-0.15, -0.1) is 5.10 Å². The van der Waals surface area contributed by atoms with Crippen molar-refractivity contribution in [3.05, 3.63) is 11.9 Å². The molecule has 0 bridgehead atoms. The number of nitrogens with two attached hydrogens (primary N) is 1. The Labute approximate surface area is 123 Å². The number of aromatic nitrogens is 3. The van der Waals surface area contributed by atoms with Crippen LogP contribution in [0.15, 0.2) is 6.20 Å². The zero-order valence-corrected chi connectivity index (χ0v) is 12.5. The average Bonchev–Trinajstić information content (AvgIpc) is 2.94. The predicted octanol–water partition coefficient (Wildman–Crippen LogP) is -0.936. The van der Waals surface area contributed by atoms with E-state index in [9.17, 15) is 9.59 Å². The van der Waals surface area contributed by atoms with Gasteiger partial charge in [-0.25, -0.2) is 4.68 Å². The van der Waals surface area contributed by atoms with Gasteiger partial charge in [-0.05, 0) is 0 Å². The summed E-state index contributed by atoms with van der Waals surface area (Å²) in [5.74, 6) is 0.128.